The second kappa shape index (κ2) is 5.28. The van der Waals surface area contributed by atoms with Gasteiger partial charge in [-0.05, 0) is 44.9 Å². The fourth-order valence-electron chi connectivity index (χ4n) is 3.47. The van der Waals surface area contributed by atoms with E-state index >= 15 is 0 Å². The molecule has 2 heterocycles. The standard InChI is InChI=1S/C15H22N4S/c1-9-10(2)19(11-5-4-6-12(7-11)20-3)15-13(9)14(16)17-8-18-15/h8,11-12H,4-7H2,1-3H3,(H2,16,17,18). The molecule has 3 rings (SSSR count). The van der Waals surface area contributed by atoms with E-state index in [1.165, 1.54) is 36.9 Å². The van der Waals surface area contributed by atoms with Crippen molar-refractivity contribution in [3.05, 3.63) is 17.6 Å². The van der Waals surface area contributed by atoms with E-state index in [1.807, 2.05) is 11.8 Å². The highest BCUT2D eigenvalue weighted by molar-refractivity contribution is 7.99. The Hall–Kier alpha value is -1.23. The average Bonchev–Trinajstić information content (AvgIpc) is 2.72. The van der Waals surface area contributed by atoms with Gasteiger partial charge >= 0.3 is 0 Å². The Morgan fingerprint density at radius 2 is 2.10 bits per heavy atom. The molecule has 2 aromatic rings. The zero-order chi connectivity index (χ0) is 14.3. The summed E-state index contributed by atoms with van der Waals surface area (Å²) in [5.74, 6) is 0.603. The zero-order valence-corrected chi connectivity index (χ0v) is 13.2. The van der Waals surface area contributed by atoms with Crippen LogP contribution >= 0.6 is 11.8 Å². The smallest absolute Gasteiger partial charge is 0.146 e. The number of nitrogens with zero attached hydrogens (tertiary/aromatic N) is 3. The highest BCUT2D eigenvalue weighted by Gasteiger charge is 2.26. The molecule has 2 unspecified atom stereocenters. The number of nitrogen functional groups attached to an aromatic ring is 1. The van der Waals surface area contributed by atoms with Crippen LogP contribution in [0.1, 0.15) is 43.0 Å². The number of nitrogens with two attached hydrogens (primary N) is 1. The third-order valence-electron chi connectivity index (χ3n) is 4.66. The molecule has 2 atom stereocenters. The molecule has 0 aromatic carbocycles. The topological polar surface area (TPSA) is 56.7 Å². The van der Waals surface area contributed by atoms with E-state index in [9.17, 15) is 0 Å². The van der Waals surface area contributed by atoms with Gasteiger partial charge in [0.05, 0.1) is 5.39 Å². The lowest BCUT2D eigenvalue weighted by atomic mass is 9.94. The molecular weight excluding hydrogens is 268 g/mol. The molecule has 0 aliphatic heterocycles. The Balaban J connectivity index is 2.11. The molecular formula is C15H22N4S. The predicted molar refractivity (Wildman–Crippen MR) is 86.2 cm³/mol. The third kappa shape index (κ3) is 2.08. The number of aryl methyl sites for hydroxylation is 1. The minimum Gasteiger partial charge on any atom is -0.383 e. The van der Waals surface area contributed by atoms with Crippen molar-refractivity contribution in [3.8, 4) is 0 Å². The maximum atomic E-state index is 6.05. The number of rotatable bonds is 2. The van der Waals surface area contributed by atoms with Gasteiger partial charge in [0.15, 0.2) is 0 Å². The fraction of sp³-hybridized carbons (Fsp3) is 0.600. The van der Waals surface area contributed by atoms with E-state index in [-0.39, 0.29) is 0 Å². The van der Waals surface area contributed by atoms with Crippen LogP contribution in [0.2, 0.25) is 0 Å². The van der Waals surface area contributed by atoms with Crippen molar-refractivity contribution in [2.24, 2.45) is 0 Å². The Labute approximate surface area is 124 Å². The van der Waals surface area contributed by atoms with Gasteiger partial charge in [-0.3, -0.25) is 0 Å². The first-order valence-corrected chi connectivity index (χ1v) is 8.52. The van der Waals surface area contributed by atoms with Crippen LogP contribution in [0, 0.1) is 13.8 Å². The van der Waals surface area contributed by atoms with Crippen LogP contribution in [0.3, 0.4) is 0 Å². The maximum absolute atomic E-state index is 6.05. The van der Waals surface area contributed by atoms with Crippen LogP contribution in [-0.4, -0.2) is 26.0 Å². The van der Waals surface area contributed by atoms with Crippen molar-refractivity contribution in [2.45, 2.75) is 50.8 Å². The molecule has 0 spiro atoms. The highest BCUT2D eigenvalue weighted by Crippen LogP contribution is 2.38. The zero-order valence-electron chi connectivity index (χ0n) is 12.4. The summed E-state index contributed by atoms with van der Waals surface area (Å²) in [6.45, 7) is 4.31. The lowest BCUT2D eigenvalue weighted by Crippen LogP contribution is -2.21. The van der Waals surface area contributed by atoms with Crippen molar-refractivity contribution in [3.63, 3.8) is 0 Å². The summed E-state index contributed by atoms with van der Waals surface area (Å²) in [6, 6.07) is 0.548. The largest absolute Gasteiger partial charge is 0.383 e. The molecule has 5 heteroatoms. The number of aromatic nitrogens is 3. The number of anilines is 1. The average molecular weight is 290 g/mol. The predicted octanol–water partition coefficient (Wildman–Crippen LogP) is 3.48. The van der Waals surface area contributed by atoms with E-state index in [2.05, 4.69) is 34.6 Å². The monoisotopic (exact) mass is 290 g/mol. The highest BCUT2D eigenvalue weighted by atomic mass is 32.2. The van der Waals surface area contributed by atoms with E-state index in [1.54, 1.807) is 6.33 Å². The van der Waals surface area contributed by atoms with Crippen molar-refractivity contribution in [1.82, 2.24) is 14.5 Å². The van der Waals surface area contributed by atoms with Gasteiger partial charge < -0.3 is 10.3 Å². The van der Waals surface area contributed by atoms with Gasteiger partial charge in [-0.25, -0.2) is 9.97 Å². The number of hydrogen-bond donors (Lipinski definition) is 1. The molecule has 1 aliphatic carbocycles. The summed E-state index contributed by atoms with van der Waals surface area (Å²) < 4.78 is 2.41. The molecule has 108 valence electrons. The van der Waals surface area contributed by atoms with Gasteiger partial charge in [-0.15, -0.1) is 0 Å². The van der Waals surface area contributed by atoms with Gasteiger partial charge in [-0.1, -0.05) is 6.42 Å². The van der Waals surface area contributed by atoms with Crippen molar-refractivity contribution in [2.75, 3.05) is 12.0 Å². The minimum atomic E-state index is 0.548. The molecule has 0 amide bonds. The molecule has 1 saturated carbocycles. The number of hydrogen-bond acceptors (Lipinski definition) is 4. The minimum absolute atomic E-state index is 0.548. The summed E-state index contributed by atoms with van der Waals surface area (Å²) in [5.41, 5.74) is 9.58. The summed E-state index contributed by atoms with van der Waals surface area (Å²) in [5, 5.41) is 1.81. The fourth-order valence-corrected chi connectivity index (χ4v) is 4.28. The molecule has 1 fully saturated rings. The van der Waals surface area contributed by atoms with Crippen LogP contribution in [0.15, 0.2) is 6.33 Å². The molecule has 0 bridgehead atoms. The van der Waals surface area contributed by atoms with Crippen molar-refractivity contribution < 1.29 is 0 Å². The van der Waals surface area contributed by atoms with Gasteiger partial charge in [-0.2, -0.15) is 11.8 Å². The molecule has 2 aromatic heterocycles. The van der Waals surface area contributed by atoms with E-state index < -0.39 is 0 Å². The molecule has 2 N–H and O–H groups in total. The van der Waals surface area contributed by atoms with E-state index in [0.717, 1.165) is 16.3 Å². The number of thioether (sulfide) groups is 1. The molecule has 0 saturated heterocycles. The van der Waals surface area contributed by atoms with Crippen molar-refractivity contribution >= 4 is 28.6 Å². The maximum Gasteiger partial charge on any atom is 0.146 e. The molecule has 20 heavy (non-hydrogen) atoms. The van der Waals surface area contributed by atoms with Crippen LogP contribution in [-0.2, 0) is 0 Å². The van der Waals surface area contributed by atoms with Crippen LogP contribution in [0.5, 0.6) is 0 Å². The SMILES string of the molecule is CSC1CCCC(n2c(C)c(C)c3c(N)ncnc32)C1. The van der Waals surface area contributed by atoms with Gasteiger partial charge in [0.1, 0.15) is 17.8 Å². The second-order valence-electron chi connectivity index (χ2n) is 5.72. The Kier molecular flexibility index (Phi) is 3.63. The first-order valence-electron chi connectivity index (χ1n) is 7.23. The first kappa shape index (κ1) is 13.7. The number of fused-ring (bicyclic) bond motifs is 1. The molecule has 4 nitrogen and oxygen atoms in total. The second-order valence-corrected chi connectivity index (χ2v) is 6.85. The van der Waals surface area contributed by atoms with Gasteiger partial charge in [0.2, 0.25) is 0 Å². The molecule has 0 radical (unpaired) electrons. The quantitative estimate of drug-likeness (QED) is 0.920. The Morgan fingerprint density at radius 1 is 1.30 bits per heavy atom. The summed E-state index contributed by atoms with van der Waals surface area (Å²) >= 11 is 1.99. The lowest BCUT2D eigenvalue weighted by Gasteiger charge is -2.30. The van der Waals surface area contributed by atoms with Crippen LogP contribution in [0.4, 0.5) is 5.82 Å². The summed E-state index contributed by atoms with van der Waals surface area (Å²) in [4.78, 5) is 8.66. The molecule has 1 aliphatic rings. The normalized spacial score (nSPS) is 23.4. The third-order valence-corrected chi connectivity index (χ3v) is 5.76. The van der Waals surface area contributed by atoms with Gasteiger partial charge in [0, 0.05) is 17.0 Å². The first-order chi connectivity index (χ1) is 9.63. The summed E-state index contributed by atoms with van der Waals surface area (Å²) in [6.07, 6.45) is 8.92. The van der Waals surface area contributed by atoms with Gasteiger partial charge in [0.25, 0.3) is 0 Å². The van der Waals surface area contributed by atoms with E-state index in [4.69, 9.17) is 5.73 Å². The van der Waals surface area contributed by atoms with E-state index in [0.29, 0.717) is 11.9 Å². The Bertz CT molecular complexity index is 634. The van der Waals surface area contributed by atoms with Crippen LogP contribution < -0.4 is 5.73 Å². The van der Waals surface area contributed by atoms with Crippen molar-refractivity contribution in [1.29, 1.82) is 0 Å². The van der Waals surface area contributed by atoms with Crippen LogP contribution in [0.25, 0.3) is 11.0 Å². The lowest BCUT2D eigenvalue weighted by molar-refractivity contribution is 0.363. The summed E-state index contributed by atoms with van der Waals surface area (Å²) in [7, 11) is 0. The Morgan fingerprint density at radius 3 is 2.85 bits per heavy atom.